The Kier molecular flexibility index (Phi) is 12.7. The monoisotopic (exact) mass is 653 g/mol. The molecule has 0 saturated carbocycles. The minimum atomic E-state index is -0.954. The molecule has 0 fully saturated rings. The van der Waals surface area contributed by atoms with Crippen molar-refractivity contribution in [3.8, 4) is 0 Å². The van der Waals surface area contributed by atoms with Gasteiger partial charge in [0.15, 0.2) is 0 Å². The first-order valence-corrected chi connectivity index (χ1v) is 16.3. The van der Waals surface area contributed by atoms with Gasteiger partial charge in [-0.15, -0.1) is 0 Å². The fourth-order valence-electron chi connectivity index (χ4n) is 5.46. The number of hydrogen-bond donors (Lipinski definition) is 3. The maximum atomic E-state index is 14.1. The molecule has 10 heteroatoms. The van der Waals surface area contributed by atoms with Crippen LogP contribution in [0.1, 0.15) is 50.3 Å². The van der Waals surface area contributed by atoms with Crippen molar-refractivity contribution >= 4 is 23.6 Å². The van der Waals surface area contributed by atoms with Gasteiger partial charge in [0.1, 0.15) is 12.1 Å². The van der Waals surface area contributed by atoms with E-state index in [-0.39, 0.29) is 37.5 Å². The Morgan fingerprint density at radius 2 is 1.40 bits per heavy atom. The van der Waals surface area contributed by atoms with E-state index in [1.54, 1.807) is 31.3 Å². The van der Waals surface area contributed by atoms with Crippen LogP contribution in [0.15, 0.2) is 103 Å². The SMILES string of the molecule is CN[C@@H](C)C(=O)N[C@H](C(=O)NCC(=O)N1C=CN(CC(c2ccccc2)c2ccccc2)C(=O)[C@@H]1COCc1ccccc1)C(C)(C)C. The number of rotatable bonds is 14. The molecule has 0 aromatic heterocycles. The summed E-state index contributed by atoms with van der Waals surface area (Å²) in [5, 5.41) is 8.34. The first kappa shape index (κ1) is 36.0. The number of nitrogens with zero attached hydrogens (tertiary/aromatic N) is 2. The second-order valence-electron chi connectivity index (χ2n) is 13.0. The van der Waals surface area contributed by atoms with Gasteiger partial charge >= 0.3 is 0 Å². The molecular formula is C38H47N5O5. The van der Waals surface area contributed by atoms with Crippen LogP contribution in [-0.4, -0.2) is 78.3 Å². The lowest BCUT2D eigenvalue weighted by atomic mass is 9.86. The average Bonchev–Trinajstić information content (AvgIpc) is 3.09. The van der Waals surface area contributed by atoms with Crippen LogP contribution in [-0.2, 0) is 30.5 Å². The van der Waals surface area contributed by atoms with Crippen LogP contribution < -0.4 is 16.0 Å². The smallest absolute Gasteiger partial charge is 0.252 e. The van der Waals surface area contributed by atoms with E-state index in [0.717, 1.165) is 16.7 Å². The molecule has 1 aliphatic heterocycles. The summed E-state index contributed by atoms with van der Waals surface area (Å²) in [6.07, 6.45) is 3.20. The van der Waals surface area contributed by atoms with E-state index < -0.39 is 35.4 Å². The fourth-order valence-corrected chi connectivity index (χ4v) is 5.46. The van der Waals surface area contributed by atoms with Crippen LogP contribution in [0.2, 0.25) is 0 Å². The topological polar surface area (TPSA) is 120 Å². The third-order valence-electron chi connectivity index (χ3n) is 8.42. The highest BCUT2D eigenvalue weighted by molar-refractivity contribution is 5.94. The molecule has 0 radical (unpaired) electrons. The van der Waals surface area contributed by atoms with Crippen molar-refractivity contribution in [2.24, 2.45) is 5.41 Å². The standard InChI is InChI=1S/C38H47N5O5/c1-27(39-5)35(45)41-34(38(2,3)4)36(46)40-23-33(44)43-22-21-42(37(47)32(43)26-48-25-28-15-9-6-10-16-28)24-31(29-17-11-7-12-18-29)30-19-13-8-14-20-30/h6-22,27,31-32,34,39H,23-26H2,1-5H3,(H,40,46)(H,41,45)/t27-,32-,34+/m0/s1. The van der Waals surface area contributed by atoms with Crippen molar-refractivity contribution in [2.75, 3.05) is 26.7 Å². The second-order valence-corrected chi connectivity index (χ2v) is 13.0. The zero-order valence-electron chi connectivity index (χ0n) is 28.4. The summed E-state index contributed by atoms with van der Waals surface area (Å²) in [7, 11) is 1.66. The van der Waals surface area contributed by atoms with Crippen LogP contribution >= 0.6 is 0 Å². The van der Waals surface area contributed by atoms with Gasteiger partial charge in [-0.1, -0.05) is 112 Å². The first-order valence-electron chi connectivity index (χ1n) is 16.3. The third-order valence-corrected chi connectivity index (χ3v) is 8.42. The minimum absolute atomic E-state index is 0.0435. The lowest BCUT2D eigenvalue weighted by molar-refractivity contribution is -0.146. The highest BCUT2D eigenvalue weighted by atomic mass is 16.5. The van der Waals surface area contributed by atoms with Crippen molar-refractivity contribution in [2.45, 2.75) is 58.3 Å². The minimum Gasteiger partial charge on any atom is -0.374 e. The predicted octanol–water partition coefficient (Wildman–Crippen LogP) is 3.80. The molecule has 3 atom stereocenters. The molecule has 1 aliphatic rings. The normalized spacial score (nSPS) is 16.0. The van der Waals surface area contributed by atoms with Gasteiger partial charge in [0.05, 0.1) is 25.8 Å². The van der Waals surface area contributed by atoms with Gasteiger partial charge in [-0.3, -0.25) is 19.2 Å². The molecule has 0 unspecified atom stereocenters. The average molecular weight is 654 g/mol. The molecule has 10 nitrogen and oxygen atoms in total. The Morgan fingerprint density at radius 1 is 0.833 bits per heavy atom. The molecule has 4 rings (SSSR count). The summed E-state index contributed by atoms with van der Waals surface area (Å²) in [4.78, 5) is 56.7. The van der Waals surface area contributed by atoms with Crippen molar-refractivity contribution in [3.63, 3.8) is 0 Å². The van der Waals surface area contributed by atoms with Crippen molar-refractivity contribution in [1.82, 2.24) is 25.8 Å². The molecule has 48 heavy (non-hydrogen) atoms. The Morgan fingerprint density at radius 3 is 1.94 bits per heavy atom. The van der Waals surface area contributed by atoms with E-state index in [9.17, 15) is 19.2 Å². The Labute approximate surface area is 283 Å². The van der Waals surface area contributed by atoms with Gasteiger partial charge in [-0.25, -0.2) is 0 Å². The number of ether oxygens (including phenoxy) is 1. The van der Waals surface area contributed by atoms with Gasteiger partial charge in [-0.05, 0) is 36.1 Å². The van der Waals surface area contributed by atoms with Crippen molar-refractivity contribution in [1.29, 1.82) is 0 Å². The van der Waals surface area contributed by atoms with Crippen molar-refractivity contribution < 1.29 is 23.9 Å². The Balaban J connectivity index is 1.53. The number of amides is 4. The van der Waals surface area contributed by atoms with Gasteiger partial charge in [-0.2, -0.15) is 0 Å². The zero-order chi connectivity index (χ0) is 34.7. The number of carbonyl (C=O) groups is 4. The molecule has 0 aliphatic carbocycles. The number of likely N-dealkylation sites (N-methyl/N-ethyl adjacent to an activating group) is 1. The molecular weight excluding hydrogens is 606 g/mol. The van der Waals surface area contributed by atoms with Crippen LogP contribution in [0.3, 0.4) is 0 Å². The van der Waals surface area contributed by atoms with Crippen LogP contribution in [0.5, 0.6) is 0 Å². The summed E-state index contributed by atoms with van der Waals surface area (Å²) in [5.74, 6) is -1.70. The van der Waals surface area contributed by atoms with Gasteiger partial charge in [0.25, 0.3) is 5.91 Å². The molecule has 1 heterocycles. The Bertz CT molecular complexity index is 1500. The number of carbonyl (C=O) groups excluding carboxylic acids is 4. The predicted molar refractivity (Wildman–Crippen MR) is 185 cm³/mol. The molecule has 3 aromatic rings. The fraction of sp³-hybridized carbons (Fsp3) is 0.368. The van der Waals surface area contributed by atoms with Crippen LogP contribution in [0, 0.1) is 5.41 Å². The summed E-state index contributed by atoms with van der Waals surface area (Å²) < 4.78 is 6.00. The second kappa shape index (κ2) is 16.9. The van der Waals surface area contributed by atoms with Gasteiger partial charge in [0.2, 0.25) is 17.7 Å². The van der Waals surface area contributed by atoms with E-state index in [1.807, 2.05) is 112 Å². The summed E-state index contributed by atoms with van der Waals surface area (Å²) >= 11 is 0. The third kappa shape index (κ3) is 9.62. The maximum Gasteiger partial charge on any atom is 0.252 e. The lowest BCUT2D eigenvalue weighted by Crippen LogP contribution is -2.58. The van der Waals surface area contributed by atoms with Gasteiger partial charge in [0, 0.05) is 24.9 Å². The number of benzene rings is 3. The molecule has 4 amide bonds. The molecule has 254 valence electrons. The number of hydrogen-bond acceptors (Lipinski definition) is 6. The summed E-state index contributed by atoms with van der Waals surface area (Å²) in [6.45, 7) is 7.41. The molecule has 3 aromatic carbocycles. The van der Waals surface area contributed by atoms with E-state index in [2.05, 4.69) is 16.0 Å². The molecule has 3 N–H and O–H groups in total. The van der Waals surface area contributed by atoms with Gasteiger partial charge < -0.3 is 30.5 Å². The highest BCUT2D eigenvalue weighted by Crippen LogP contribution is 2.28. The zero-order valence-corrected chi connectivity index (χ0v) is 28.4. The van der Waals surface area contributed by atoms with Crippen LogP contribution in [0.25, 0.3) is 0 Å². The number of nitrogens with one attached hydrogen (secondary N) is 3. The summed E-state index contributed by atoms with van der Waals surface area (Å²) in [6, 6.07) is 27.2. The highest BCUT2D eigenvalue weighted by Gasteiger charge is 2.38. The van der Waals surface area contributed by atoms with E-state index in [4.69, 9.17) is 4.74 Å². The van der Waals surface area contributed by atoms with E-state index in [0.29, 0.717) is 6.54 Å². The first-order chi connectivity index (χ1) is 23.0. The Hall–Kier alpha value is -4.80. The molecule has 0 bridgehead atoms. The lowest BCUT2D eigenvalue weighted by Gasteiger charge is -2.37. The van der Waals surface area contributed by atoms with Crippen LogP contribution in [0.4, 0.5) is 0 Å². The van der Waals surface area contributed by atoms with E-state index in [1.165, 1.54) is 4.90 Å². The van der Waals surface area contributed by atoms with E-state index >= 15 is 0 Å². The van der Waals surface area contributed by atoms with Crippen molar-refractivity contribution in [3.05, 3.63) is 120 Å². The largest absolute Gasteiger partial charge is 0.374 e. The molecule has 0 spiro atoms. The summed E-state index contributed by atoms with van der Waals surface area (Å²) in [5.41, 5.74) is 2.44. The molecule has 0 saturated heterocycles. The quantitative estimate of drug-likeness (QED) is 0.244. The maximum absolute atomic E-state index is 14.1.